The second kappa shape index (κ2) is 6.08. The lowest BCUT2D eigenvalue weighted by Crippen LogP contribution is -2.25. The first-order valence-corrected chi connectivity index (χ1v) is 7.16. The highest BCUT2D eigenvalue weighted by Gasteiger charge is 2.28. The number of rotatable bonds is 5. The molecule has 5 nitrogen and oxygen atoms in total. The molecule has 118 valence electrons. The van der Waals surface area contributed by atoms with Crippen LogP contribution in [0.25, 0.3) is 0 Å². The maximum absolute atomic E-state index is 13.8. The predicted molar refractivity (Wildman–Crippen MR) is 82.6 cm³/mol. The highest BCUT2D eigenvalue weighted by molar-refractivity contribution is 6.00. The number of hydrogen-bond acceptors (Lipinski definition) is 4. The van der Waals surface area contributed by atoms with Gasteiger partial charge < -0.3 is 20.1 Å². The van der Waals surface area contributed by atoms with Gasteiger partial charge in [0.15, 0.2) is 0 Å². The van der Waals surface area contributed by atoms with Crippen molar-refractivity contribution in [1.82, 2.24) is 4.90 Å². The Hall–Kier alpha value is -2.89. The first kappa shape index (κ1) is 15.0. The molecule has 0 radical (unpaired) electrons. The van der Waals surface area contributed by atoms with E-state index in [1.165, 1.54) is 17.0 Å². The van der Waals surface area contributed by atoms with E-state index in [0.717, 1.165) is 17.3 Å². The topological polar surface area (TPSA) is 69.6 Å². The third-order valence-corrected chi connectivity index (χ3v) is 3.84. The second-order valence-electron chi connectivity index (χ2n) is 5.31. The maximum Gasteiger partial charge on any atom is 0.254 e. The number of hydrogen-bond donors (Lipinski definition) is 2. The van der Waals surface area contributed by atoms with Gasteiger partial charge in [-0.3, -0.25) is 4.79 Å². The van der Waals surface area contributed by atoms with Gasteiger partial charge in [-0.1, -0.05) is 12.1 Å². The van der Waals surface area contributed by atoms with Crippen LogP contribution in [0.5, 0.6) is 5.75 Å². The minimum Gasteiger partial charge on any atom is -0.508 e. The number of amides is 1. The van der Waals surface area contributed by atoms with Gasteiger partial charge in [-0.15, -0.1) is 0 Å². The monoisotopic (exact) mass is 314 g/mol. The fourth-order valence-electron chi connectivity index (χ4n) is 2.66. The SMILES string of the molecule is O=CCN1Cc2c(NCc3ccc(O)cc3F)cccc2C1=O. The van der Waals surface area contributed by atoms with Crippen LogP contribution in [0.3, 0.4) is 0 Å². The molecular weight excluding hydrogens is 299 g/mol. The van der Waals surface area contributed by atoms with E-state index in [1.54, 1.807) is 12.1 Å². The zero-order chi connectivity index (χ0) is 16.4. The summed E-state index contributed by atoms with van der Waals surface area (Å²) in [5.74, 6) is -0.794. The van der Waals surface area contributed by atoms with Gasteiger partial charge in [0.1, 0.15) is 17.9 Å². The molecule has 2 aromatic rings. The number of anilines is 1. The zero-order valence-electron chi connectivity index (χ0n) is 12.3. The van der Waals surface area contributed by atoms with Crippen LogP contribution in [0.1, 0.15) is 21.5 Å². The van der Waals surface area contributed by atoms with Crippen LogP contribution in [-0.4, -0.2) is 28.7 Å². The Kier molecular flexibility index (Phi) is 3.97. The smallest absolute Gasteiger partial charge is 0.254 e. The molecule has 1 heterocycles. The fraction of sp³-hybridized carbons (Fsp3) is 0.176. The van der Waals surface area contributed by atoms with Gasteiger partial charge in [-0.25, -0.2) is 4.39 Å². The molecule has 6 heteroatoms. The van der Waals surface area contributed by atoms with Crippen molar-refractivity contribution in [3.8, 4) is 5.75 Å². The van der Waals surface area contributed by atoms with Crippen LogP contribution in [0.15, 0.2) is 36.4 Å². The van der Waals surface area contributed by atoms with Crippen molar-refractivity contribution in [2.24, 2.45) is 0 Å². The van der Waals surface area contributed by atoms with Crippen molar-refractivity contribution in [2.45, 2.75) is 13.1 Å². The van der Waals surface area contributed by atoms with Crippen molar-refractivity contribution in [3.63, 3.8) is 0 Å². The Morgan fingerprint density at radius 3 is 2.87 bits per heavy atom. The first-order valence-electron chi connectivity index (χ1n) is 7.16. The van der Waals surface area contributed by atoms with E-state index >= 15 is 0 Å². The first-order chi connectivity index (χ1) is 11.1. The zero-order valence-corrected chi connectivity index (χ0v) is 12.3. The van der Waals surface area contributed by atoms with Gasteiger partial charge in [0, 0.05) is 41.5 Å². The lowest BCUT2D eigenvalue weighted by atomic mass is 10.1. The lowest BCUT2D eigenvalue weighted by molar-refractivity contribution is -0.108. The van der Waals surface area contributed by atoms with Crippen molar-refractivity contribution in [1.29, 1.82) is 0 Å². The molecule has 3 rings (SSSR count). The summed E-state index contributed by atoms with van der Waals surface area (Å²) in [6.45, 7) is 0.637. The number of carbonyl (C=O) groups is 2. The van der Waals surface area contributed by atoms with Crippen LogP contribution in [0, 0.1) is 5.82 Å². The van der Waals surface area contributed by atoms with Gasteiger partial charge >= 0.3 is 0 Å². The number of phenols is 1. The number of carbonyl (C=O) groups excluding carboxylic acids is 2. The standard InChI is InChI=1S/C17H15FN2O3/c18-15-8-12(22)5-4-11(15)9-19-16-3-1-2-13-14(16)10-20(6-7-21)17(13)23/h1-5,7-8,19,22H,6,9-10H2. The number of fused-ring (bicyclic) bond motifs is 1. The number of aromatic hydroxyl groups is 1. The van der Waals surface area contributed by atoms with E-state index in [9.17, 15) is 19.1 Å². The van der Waals surface area contributed by atoms with Gasteiger partial charge in [-0.05, 0) is 18.2 Å². The third-order valence-electron chi connectivity index (χ3n) is 3.84. The number of phenolic OH excluding ortho intramolecular Hbond substituents is 1. The third kappa shape index (κ3) is 2.88. The molecule has 1 aliphatic heterocycles. The minimum atomic E-state index is -0.497. The van der Waals surface area contributed by atoms with Crippen molar-refractivity contribution >= 4 is 17.9 Å². The second-order valence-corrected chi connectivity index (χ2v) is 5.31. The summed E-state index contributed by atoms with van der Waals surface area (Å²) in [5, 5.41) is 12.3. The highest BCUT2D eigenvalue weighted by atomic mass is 19.1. The van der Waals surface area contributed by atoms with Gasteiger partial charge in [0.2, 0.25) is 0 Å². The molecule has 0 saturated carbocycles. The molecule has 23 heavy (non-hydrogen) atoms. The number of aldehydes is 1. The normalized spacial score (nSPS) is 13.1. The summed E-state index contributed by atoms with van der Waals surface area (Å²) in [6.07, 6.45) is 0.697. The molecule has 2 N–H and O–H groups in total. The summed E-state index contributed by atoms with van der Waals surface area (Å²) in [4.78, 5) is 24.3. The predicted octanol–water partition coefficient (Wildman–Crippen LogP) is 2.30. The largest absolute Gasteiger partial charge is 0.508 e. The Labute approximate surface area is 132 Å². The Bertz CT molecular complexity index is 776. The fourth-order valence-corrected chi connectivity index (χ4v) is 2.66. The van der Waals surface area contributed by atoms with Crippen LogP contribution in [0.2, 0.25) is 0 Å². The van der Waals surface area contributed by atoms with Crippen molar-refractivity contribution < 1.29 is 19.1 Å². The molecule has 0 unspecified atom stereocenters. The molecule has 2 aromatic carbocycles. The molecule has 0 atom stereocenters. The molecule has 0 bridgehead atoms. The quantitative estimate of drug-likeness (QED) is 0.831. The average molecular weight is 314 g/mol. The summed E-state index contributed by atoms with van der Waals surface area (Å²) in [6, 6.07) is 9.26. The van der Waals surface area contributed by atoms with Crippen molar-refractivity contribution in [2.75, 3.05) is 11.9 Å². The molecule has 0 aromatic heterocycles. The maximum atomic E-state index is 13.8. The van der Waals surface area contributed by atoms with E-state index in [2.05, 4.69) is 5.32 Å². The van der Waals surface area contributed by atoms with Crippen LogP contribution in [-0.2, 0) is 17.9 Å². The minimum absolute atomic E-state index is 0.0551. The van der Waals surface area contributed by atoms with E-state index in [0.29, 0.717) is 24.0 Å². The number of nitrogens with zero attached hydrogens (tertiary/aromatic N) is 1. The number of benzene rings is 2. The molecule has 1 amide bonds. The highest BCUT2D eigenvalue weighted by Crippen LogP contribution is 2.29. The summed E-state index contributed by atoms with van der Waals surface area (Å²) in [7, 11) is 0. The molecule has 0 fully saturated rings. The van der Waals surface area contributed by atoms with E-state index < -0.39 is 5.82 Å². The van der Waals surface area contributed by atoms with Crippen LogP contribution >= 0.6 is 0 Å². The molecule has 0 spiro atoms. The average Bonchev–Trinajstić information content (AvgIpc) is 2.84. The Morgan fingerprint density at radius 1 is 1.30 bits per heavy atom. The Morgan fingerprint density at radius 2 is 2.13 bits per heavy atom. The molecule has 1 aliphatic rings. The van der Waals surface area contributed by atoms with E-state index in [-0.39, 0.29) is 24.7 Å². The van der Waals surface area contributed by atoms with Crippen LogP contribution < -0.4 is 5.32 Å². The number of nitrogens with one attached hydrogen (secondary N) is 1. The Balaban J connectivity index is 1.81. The van der Waals surface area contributed by atoms with Crippen LogP contribution in [0.4, 0.5) is 10.1 Å². The summed E-state index contributed by atoms with van der Waals surface area (Å²) in [5.41, 5.74) is 2.51. The number of halogens is 1. The molecular formula is C17H15FN2O3. The van der Waals surface area contributed by atoms with Crippen molar-refractivity contribution in [3.05, 3.63) is 58.9 Å². The summed E-state index contributed by atoms with van der Waals surface area (Å²) < 4.78 is 13.8. The van der Waals surface area contributed by atoms with Gasteiger partial charge in [-0.2, -0.15) is 0 Å². The van der Waals surface area contributed by atoms with Gasteiger partial charge in [0.05, 0.1) is 6.54 Å². The van der Waals surface area contributed by atoms with Gasteiger partial charge in [0.25, 0.3) is 5.91 Å². The molecule has 0 aliphatic carbocycles. The van der Waals surface area contributed by atoms with E-state index in [1.807, 2.05) is 6.07 Å². The van der Waals surface area contributed by atoms with E-state index in [4.69, 9.17) is 0 Å². The lowest BCUT2D eigenvalue weighted by Gasteiger charge is -2.12. The summed E-state index contributed by atoms with van der Waals surface area (Å²) >= 11 is 0. The molecule has 0 saturated heterocycles.